The molecule has 0 bridgehead atoms. The summed E-state index contributed by atoms with van der Waals surface area (Å²) in [6.45, 7) is 9.74. The van der Waals surface area contributed by atoms with Crippen molar-refractivity contribution in [1.82, 2.24) is 5.32 Å². The van der Waals surface area contributed by atoms with Gasteiger partial charge in [0.1, 0.15) is 5.75 Å². The molecule has 2 heteroatoms. The zero-order chi connectivity index (χ0) is 13.4. The minimum absolute atomic E-state index is 0.273. The summed E-state index contributed by atoms with van der Waals surface area (Å²) >= 11 is 0. The van der Waals surface area contributed by atoms with E-state index in [4.69, 9.17) is 4.74 Å². The van der Waals surface area contributed by atoms with Crippen molar-refractivity contribution < 1.29 is 4.74 Å². The molecule has 1 aromatic rings. The van der Waals surface area contributed by atoms with Gasteiger partial charge in [-0.25, -0.2) is 0 Å². The summed E-state index contributed by atoms with van der Waals surface area (Å²) in [5, 5.41) is 3.59. The summed E-state index contributed by atoms with van der Waals surface area (Å²) in [5.41, 5.74) is 1.29. The van der Waals surface area contributed by atoms with Crippen LogP contribution >= 0.6 is 0 Å². The molecule has 18 heavy (non-hydrogen) atoms. The molecule has 1 aromatic carbocycles. The van der Waals surface area contributed by atoms with Gasteiger partial charge < -0.3 is 10.1 Å². The average Bonchev–Trinajstić information content (AvgIpc) is 2.41. The zero-order valence-electron chi connectivity index (χ0n) is 12.2. The normalized spacial score (nSPS) is 14.2. The maximum absolute atomic E-state index is 6.02. The van der Waals surface area contributed by atoms with Crippen molar-refractivity contribution in [2.45, 2.75) is 59.1 Å². The van der Waals surface area contributed by atoms with Gasteiger partial charge in [0.05, 0.1) is 6.10 Å². The maximum atomic E-state index is 6.02. The van der Waals surface area contributed by atoms with Crippen molar-refractivity contribution in [3.05, 3.63) is 29.8 Å². The monoisotopic (exact) mass is 249 g/mol. The first-order chi connectivity index (χ1) is 8.72. The van der Waals surface area contributed by atoms with Gasteiger partial charge in [-0.05, 0) is 38.8 Å². The van der Waals surface area contributed by atoms with Crippen LogP contribution in [0.4, 0.5) is 0 Å². The quantitative estimate of drug-likeness (QED) is 0.741. The number of hydrogen-bond donors (Lipinski definition) is 1. The Labute approximate surface area is 112 Å². The minimum Gasteiger partial charge on any atom is -0.490 e. The molecule has 1 N–H and O–H groups in total. The molecule has 0 aliphatic heterocycles. The van der Waals surface area contributed by atoms with Crippen molar-refractivity contribution in [1.29, 1.82) is 0 Å². The van der Waals surface area contributed by atoms with E-state index in [0.717, 1.165) is 31.6 Å². The minimum atomic E-state index is 0.273. The van der Waals surface area contributed by atoms with Gasteiger partial charge in [0.15, 0.2) is 0 Å². The van der Waals surface area contributed by atoms with Crippen LogP contribution < -0.4 is 10.1 Å². The van der Waals surface area contributed by atoms with Crippen molar-refractivity contribution in [2.75, 3.05) is 6.54 Å². The van der Waals surface area contributed by atoms with Gasteiger partial charge in [-0.15, -0.1) is 0 Å². The topological polar surface area (TPSA) is 21.3 Å². The molecule has 102 valence electrons. The van der Waals surface area contributed by atoms with Crippen LogP contribution in [0.3, 0.4) is 0 Å². The Morgan fingerprint density at radius 3 is 2.44 bits per heavy atom. The van der Waals surface area contributed by atoms with E-state index in [9.17, 15) is 0 Å². The van der Waals surface area contributed by atoms with Gasteiger partial charge in [0, 0.05) is 11.6 Å². The van der Waals surface area contributed by atoms with Crippen molar-refractivity contribution in [2.24, 2.45) is 0 Å². The Bertz CT molecular complexity index is 338. The molecule has 0 radical (unpaired) electrons. The summed E-state index contributed by atoms with van der Waals surface area (Å²) < 4.78 is 6.02. The van der Waals surface area contributed by atoms with E-state index in [-0.39, 0.29) is 6.10 Å². The van der Waals surface area contributed by atoms with E-state index >= 15 is 0 Å². The van der Waals surface area contributed by atoms with E-state index in [1.165, 1.54) is 5.56 Å². The van der Waals surface area contributed by atoms with Gasteiger partial charge in [0.25, 0.3) is 0 Å². The lowest BCUT2D eigenvalue weighted by Crippen LogP contribution is -2.23. The molecule has 0 spiro atoms. The highest BCUT2D eigenvalue weighted by Crippen LogP contribution is 2.28. The zero-order valence-corrected chi connectivity index (χ0v) is 12.2. The number of ether oxygens (including phenoxy) is 1. The number of rotatable bonds is 8. The first kappa shape index (κ1) is 15.0. The molecule has 0 amide bonds. The fourth-order valence-corrected chi connectivity index (χ4v) is 1.97. The number of hydrogen-bond acceptors (Lipinski definition) is 2. The lowest BCUT2D eigenvalue weighted by atomic mass is 10.0. The first-order valence-electron chi connectivity index (χ1n) is 7.21. The molecule has 0 aliphatic carbocycles. The van der Waals surface area contributed by atoms with Crippen molar-refractivity contribution >= 4 is 0 Å². The highest BCUT2D eigenvalue weighted by molar-refractivity contribution is 5.36. The van der Waals surface area contributed by atoms with Crippen LogP contribution in [0, 0.1) is 0 Å². The van der Waals surface area contributed by atoms with E-state index in [1.54, 1.807) is 0 Å². The molecular formula is C16H27NO. The van der Waals surface area contributed by atoms with Crippen LogP contribution in [-0.2, 0) is 0 Å². The second kappa shape index (κ2) is 8.15. The molecule has 0 saturated heterocycles. The van der Waals surface area contributed by atoms with Gasteiger partial charge in [-0.1, -0.05) is 39.0 Å². The molecule has 0 heterocycles. The lowest BCUT2D eigenvalue weighted by Gasteiger charge is -2.22. The maximum Gasteiger partial charge on any atom is 0.124 e. The molecular weight excluding hydrogens is 222 g/mol. The number of para-hydroxylation sites is 1. The SMILES string of the molecule is CCCNC(CC)c1ccccc1OC(C)CC. The van der Waals surface area contributed by atoms with Crippen LogP contribution in [0.25, 0.3) is 0 Å². The first-order valence-corrected chi connectivity index (χ1v) is 7.21. The third kappa shape index (κ3) is 4.34. The molecule has 0 aromatic heterocycles. The Kier molecular flexibility index (Phi) is 6.81. The Balaban J connectivity index is 2.84. The third-order valence-corrected chi connectivity index (χ3v) is 3.25. The largest absolute Gasteiger partial charge is 0.490 e. The smallest absolute Gasteiger partial charge is 0.124 e. The van der Waals surface area contributed by atoms with E-state index < -0.39 is 0 Å². The van der Waals surface area contributed by atoms with Crippen LogP contribution in [0.2, 0.25) is 0 Å². The molecule has 1 rings (SSSR count). The van der Waals surface area contributed by atoms with Crippen LogP contribution in [0.15, 0.2) is 24.3 Å². The molecule has 2 atom stereocenters. The second-order valence-electron chi connectivity index (χ2n) is 4.79. The second-order valence-corrected chi connectivity index (χ2v) is 4.79. The standard InChI is InChI=1S/C16H27NO/c1-5-12-17-15(7-3)14-10-8-9-11-16(14)18-13(4)6-2/h8-11,13,15,17H,5-7,12H2,1-4H3. The van der Waals surface area contributed by atoms with Gasteiger partial charge in [-0.2, -0.15) is 0 Å². The van der Waals surface area contributed by atoms with Crippen LogP contribution in [-0.4, -0.2) is 12.6 Å². The van der Waals surface area contributed by atoms with Gasteiger partial charge >= 0.3 is 0 Å². The van der Waals surface area contributed by atoms with E-state index in [0.29, 0.717) is 6.04 Å². The predicted molar refractivity (Wildman–Crippen MR) is 78.1 cm³/mol. The fraction of sp³-hybridized carbons (Fsp3) is 0.625. The Morgan fingerprint density at radius 2 is 1.83 bits per heavy atom. The summed E-state index contributed by atoms with van der Waals surface area (Å²) in [6, 6.07) is 8.79. The summed E-state index contributed by atoms with van der Waals surface area (Å²) in [5.74, 6) is 1.03. The van der Waals surface area contributed by atoms with Gasteiger partial charge in [-0.3, -0.25) is 0 Å². The molecule has 2 unspecified atom stereocenters. The molecule has 0 fully saturated rings. The molecule has 0 saturated carbocycles. The van der Waals surface area contributed by atoms with Crippen molar-refractivity contribution in [3.63, 3.8) is 0 Å². The third-order valence-electron chi connectivity index (χ3n) is 3.25. The van der Waals surface area contributed by atoms with Gasteiger partial charge in [0.2, 0.25) is 0 Å². The number of benzene rings is 1. The van der Waals surface area contributed by atoms with E-state index in [2.05, 4.69) is 51.2 Å². The van der Waals surface area contributed by atoms with Crippen molar-refractivity contribution in [3.8, 4) is 5.75 Å². The van der Waals surface area contributed by atoms with E-state index in [1.807, 2.05) is 6.07 Å². The predicted octanol–water partition coefficient (Wildman–Crippen LogP) is 4.31. The van der Waals surface area contributed by atoms with Crippen LogP contribution in [0.1, 0.15) is 58.6 Å². The Morgan fingerprint density at radius 1 is 1.11 bits per heavy atom. The molecule has 2 nitrogen and oxygen atoms in total. The lowest BCUT2D eigenvalue weighted by molar-refractivity contribution is 0.213. The molecule has 0 aliphatic rings. The fourth-order valence-electron chi connectivity index (χ4n) is 1.97. The number of nitrogens with one attached hydrogen (secondary N) is 1. The average molecular weight is 249 g/mol. The van der Waals surface area contributed by atoms with Crippen LogP contribution in [0.5, 0.6) is 5.75 Å². The summed E-state index contributed by atoms with van der Waals surface area (Å²) in [7, 11) is 0. The Hall–Kier alpha value is -1.02. The summed E-state index contributed by atoms with van der Waals surface area (Å²) in [4.78, 5) is 0. The highest BCUT2D eigenvalue weighted by atomic mass is 16.5. The summed E-state index contributed by atoms with van der Waals surface area (Å²) in [6.07, 6.45) is 3.55. The highest BCUT2D eigenvalue weighted by Gasteiger charge is 2.14.